The highest BCUT2D eigenvalue weighted by molar-refractivity contribution is 7.89. The number of halogens is 2. The monoisotopic (exact) mass is 477 g/mol. The molecule has 0 saturated heterocycles. The van der Waals surface area contributed by atoms with Crippen LogP contribution in [0.3, 0.4) is 0 Å². The molecule has 0 saturated carbocycles. The van der Waals surface area contributed by atoms with Crippen LogP contribution in [-0.4, -0.2) is 18.6 Å². The molecule has 0 unspecified atom stereocenters. The van der Waals surface area contributed by atoms with Crippen molar-refractivity contribution in [1.82, 2.24) is 9.79 Å². The van der Waals surface area contributed by atoms with Crippen molar-refractivity contribution in [2.75, 3.05) is 0 Å². The van der Waals surface area contributed by atoms with E-state index in [0.29, 0.717) is 5.56 Å². The van der Waals surface area contributed by atoms with Crippen molar-refractivity contribution in [3.8, 4) is 0 Å². The zero-order chi connectivity index (χ0) is 22.6. The average Bonchev–Trinajstić information content (AvgIpc) is 2.74. The number of aryl methyl sites for hydroxylation is 1. The highest BCUT2D eigenvalue weighted by Crippen LogP contribution is 2.27. The van der Waals surface area contributed by atoms with Crippen LogP contribution in [0.15, 0.2) is 71.6 Å². The molecule has 162 valence electrons. The van der Waals surface area contributed by atoms with Gasteiger partial charge >= 0.3 is 0 Å². The fraction of sp³-hybridized carbons (Fsp3) is 0.136. The van der Waals surface area contributed by atoms with E-state index in [4.69, 9.17) is 23.2 Å². The number of carbonyl (C=O) groups excluding carboxylic acids is 1. The minimum absolute atomic E-state index is 0.0144. The van der Waals surface area contributed by atoms with Crippen molar-refractivity contribution in [2.45, 2.75) is 24.9 Å². The largest absolute Gasteiger partial charge is 0.759 e. The molecule has 0 atom stereocenters. The second-order valence-electron chi connectivity index (χ2n) is 6.99. The molecular formula is C22H19Cl2N2O4S-. The van der Waals surface area contributed by atoms with E-state index in [9.17, 15) is 18.4 Å². The number of benzene rings is 3. The number of amides is 1. The molecule has 0 radical (unpaired) electrons. The van der Waals surface area contributed by atoms with Crippen LogP contribution in [0, 0.1) is 12.1 Å². The van der Waals surface area contributed by atoms with Gasteiger partial charge in [0.15, 0.2) is 0 Å². The van der Waals surface area contributed by atoms with Gasteiger partial charge in [-0.15, -0.1) is 0 Å². The molecule has 0 fully saturated rings. The van der Waals surface area contributed by atoms with Crippen LogP contribution in [0.4, 0.5) is 0 Å². The van der Waals surface area contributed by atoms with Crippen LogP contribution in [0.1, 0.15) is 27.0 Å². The van der Waals surface area contributed by atoms with Gasteiger partial charge in [0, 0.05) is 28.7 Å². The Labute approximate surface area is 191 Å². The minimum atomic E-state index is -3.95. The molecule has 0 heterocycles. The fourth-order valence-corrected chi connectivity index (χ4v) is 5.12. The summed E-state index contributed by atoms with van der Waals surface area (Å²) in [6.07, 6.45) is 0. The standard InChI is InChI=1S/C22H19Cl2N2O4S/c1-15-2-4-16(5-3-15)13-26(14-17-6-8-18(9-7-17)22(27)25-28)31(29,30)21-11-19(23)10-20(24)12-21/h2-12H,13-14H2,1H3,(H-,25,27,28)/q-1. The van der Waals surface area contributed by atoms with Gasteiger partial charge in [-0.3, -0.25) is 4.79 Å². The maximum absolute atomic E-state index is 13.4. The lowest BCUT2D eigenvalue weighted by molar-refractivity contribution is 0.0970. The summed E-state index contributed by atoms with van der Waals surface area (Å²) in [6, 6.07) is 17.9. The van der Waals surface area contributed by atoms with Gasteiger partial charge in [0.05, 0.1) is 4.90 Å². The minimum Gasteiger partial charge on any atom is -0.759 e. The number of hydrogen-bond acceptors (Lipinski definition) is 4. The Morgan fingerprint density at radius 2 is 1.39 bits per heavy atom. The SMILES string of the molecule is Cc1ccc(CN(Cc2ccc(C(=O)N[O-])cc2)S(=O)(=O)c2cc(Cl)cc(Cl)c2)cc1. The molecule has 31 heavy (non-hydrogen) atoms. The number of sulfonamides is 1. The average molecular weight is 478 g/mol. The third-order valence-electron chi connectivity index (χ3n) is 4.62. The summed E-state index contributed by atoms with van der Waals surface area (Å²) in [5.74, 6) is -0.760. The first-order valence-electron chi connectivity index (χ1n) is 9.22. The normalized spacial score (nSPS) is 11.5. The summed E-state index contributed by atoms with van der Waals surface area (Å²) in [5.41, 5.74) is 4.02. The van der Waals surface area contributed by atoms with Crippen LogP contribution in [-0.2, 0) is 23.1 Å². The lowest BCUT2D eigenvalue weighted by atomic mass is 10.1. The zero-order valence-corrected chi connectivity index (χ0v) is 18.8. The number of nitrogens with one attached hydrogen (secondary N) is 1. The molecule has 1 amide bonds. The molecule has 0 aliphatic carbocycles. The molecule has 9 heteroatoms. The summed E-state index contributed by atoms with van der Waals surface area (Å²) < 4.78 is 28.2. The summed E-state index contributed by atoms with van der Waals surface area (Å²) >= 11 is 12.1. The smallest absolute Gasteiger partial charge is 0.243 e. The second kappa shape index (κ2) is 9.80. The summed E-state index contributed by atoms with van der Waals surface area (Å²) in [7, 11) is -3.95. The first-order chi connectivity index (χ1) is 14.7. The molecule has 6 nitrogen and oxygen atoms in total. The number of hydroxylamine groups is 1. The Balaban J connectivity index is 1.97. The van der Waals surface area contributed by atoms with E-state index in [2.05, 4.69) is 0 Å². The number of hydrogen-bond donors (Lipinski definition) is 1. The van der Waals surface area contributed by atoms with E-state index in [1.54, 1.807) is 12.1 Å². The molecule has 1 N–H and O–H groups in total. The van der Waals surface area contributed by atoms with E-state index in [0.717, 1.165) is 11.1 Å². The topological polar surface area (TPSA) is 89.5 Å². The number of rotatable bonds is 7. The van der Waals surface area contributed by atoms with Crippen molar-refractivity contribution < 1.29 is 13.2 Å². The van der Waals surface area contributed by atoms with Crippen LogP contribution >= 0.6 is 23.2 Å². The Kier molecular flexibility index (Phi) is 7.35. The van der Waals surface area contributed by atoms with Gasteiger partial charge in [-0.1, -0.05) is 65.2 Å². The molecule has 3 rings (SSSR count). The quantitative estimate of drug-likeness (QED) is 0.488. The third kappa shape index (κ3) is 5.84. The Bertz CT molecular complexity index is 1160. The van der Waals surface area contributed by atoms with Gasteiger partial charge in [-0.2, -0.15) is 4.31 Å². The first kappa shape index (κ1) is 23.2. The Morgan fingerprint density at radius 1 is 0.903 bits per heavy atom. The molecular weight excluding hydrogens is 459 g/mol. The number of nitrogens with zero attached hydrogens (tertiary/aromatic N) is 1. The van der Waals surface area contributed by atoms with Crippen molar-refractivity contribution in [3.05, 3.63) is 104 Å². The molecule has 3 aromatic rings. The predicted molar refractivity (Wildman–Crippen MR) is 121 cm³/mol. The van der Waals surface area contributed by atoms with Gasteiger partial charge < -0.3 is 10.7 Å². The van der Waals surface area contributed by atoms with Gasteiger partial charge in [0.1, 0.15) is 0 Å². The molecule has 3 aromatic carbocycles. The first-order valence-corrected chi connectivity index (χ1v) is 11.4. The molecule has 0 aliphatic heterocycles. The molecule has 0 aromatic heterocycles. The van der Waals surface area contributed by atoms with E-state index in [1.807, 2.05) is 31.2 Å². The third-order valence-corrected chi connectivity index (χ3v) is 6.83. The summed E-state index contributed by atoms with van der Waals surface area (Å²) in [5, 5.41) is 11.0. The van der Waals surface area contributed by atoms with Gasteiger partial charge in [-0.25, -0.2) is 8.42 Å². The van der Waals surface area contributed by atoms with E-state index < -0.39 is 15.9 Å². The van der Waals surface area contributed by atoms with Crippen molar-refractivity contribution in [2.24, 2.45) is 0 Å². The van der Waals surface area contributed by atoms with E-state index in [-0.39, 0.29) is 33.6 Å². The maximum atomic E-state index is 13.4. The van der Waals surface area contributed by atoms with E-state index >= 15 is 0 Å². The molecule has 0 spiro atoms. The second-order valence-corrected chi connectivity index (χ2v) is 9.80. The van der Waals surface area contributed by atoms with Crippen molar-refractivity contribution >= 4 is 39.1 Å². The van der Waals surface area contributed by atoms with Crippen LogP contribution in [0.2, 0.25) is 10.0 Å². The Hall–Kier alpha value is -2.42. The summed E-state index contributed by atoms with van der Waals surface area (Å²) in [4.78, 5) is 11.5. The van der Waals surface area contributed by atoms with Crippen molar-refractivity contribution in [1.29, 1.82) is 0 Å². The summed E-state index contributed by atoms with van der Waals surface area (Å²) in [6.45, 7) is 2.11. The van der Waals surface area contributed by atoms with E-state index in [1.165, 1.54) is 40.1 Å². The van der Waals surface area contributed by atoms with Gasteiger partial charge in [0.25, 0.3) is 0 Å². The maximum Gasteiger partial charge on any atom is 0.243 e. The Morgan fingerprint density at radius 3 is 1.87 bits per heavy atom. The van der Waals surface area contributed by atoms with Gasteiger partial charge in [0.2, 0.25) is 15.9 Å². The molecule has 0 aliphatic rings. The predicted octanol–water partition coefficient (Wildman–Crippen LogP) is 4.92. The van der Waals surface area contributed by atoms with Crippen LogP contribution in [0.25, 0.3) is 0 Å². The lowest BCUT2D eigenvalue weighted by Gasteiger charge is -2.23. The highest BCUT2D eigenvalue weighted by Gasteiger charge is 2.26. The van der Waals surface area contributed by atoms with Crippen molar-refractivity contribution in [3.63, 3.8) is 0 Å². The number of carbonyl (C=O) groups is 1. The fourth-order valence-electron chi connectivity index (χ4n) is 2.97. The van der Waals surface area contributed by atoms with Crippen LogP contribution < -0.4 is 5.48 Å². The zero-order valence-electron chi connectivity index (χ0n) is 16.5. The highest BCUT2D eigenvalue weighted by atomic mass is 35.5. The lowest BCUT2D eigenvalue weighted by Crippen LogP contribution is -2.30. The molecule has 0 bridgehead atoms. The van der Waals surface area contributed by atoms with Crippen LogP contribution in [0.5, 0.6) is 0 Å². The van der Waals surface area contributed by atoms with Gasteiger partial charge in [-0.05, 0) is 48.4 Å².